The molecule has 2 rings (SSSR count). The highest BCUT2D eigenvalue weighted by Gasteiger charge is 2.13. The van der Waals surface area contributed by atoms with E-state index in [1.807, 2.05) is 7.05 Å². The first-order valence-electron chi connectivity index (χ1n) is 7.28. The van der Waals surface area contributed by atoms with Crippen LogP contribution in [0.25, 0.3) is 0 Å². The molecule has 1 aromatic carbocycles. The van der Waals surface area contributed by atoms with Crippen LogP contribution in [0.15, 0.2) is 30.7 Å². The number of ether oxygens (including phenoxy) is 1. The van der Waals surface area contributed by atoms with Crippen LogP contribution < -0.4 is 14.8 Å². The zero-order chi connectivity index (χ0) is 17.7. The lowest BCUT2D eigenvalue weighted by molar-refractivity contribution is -0.115. The molecule has 0 bridgehead atoms. The Bertz CT molecular complexity index is 830. The van der Waals surface area contributed by atoms with Crippen LogP contribution in [0.2, 0.25) is 0 Å². The highest BCUT2D eigenvalue weighted by molar-refractivity contribution is 7.92. The lowest BCUT2D eigenvalue weighted by Gasteiger charge is -2.13. The predicted molar refractivity (Wildman–Crippen MR) is 91.6 cm³/mol. The number of nitrogens with zero attached hydrogens (tertiary/aromatic N) is 2. The Morgan fingerprint density at radius 2 is 2.12 bits per heavy atom. The van der Waals surface area contributed by atoms with E-state index in [0.717, 1.165) is 5.69 Å². The fourth-order valence-electron chi connectivity index (χ4n) is 2.02. The van der Waals surface area contributed by atoms with E-state index in [0.29, 0.717) is 17.1 Å². The van der Waals surface area contributed by atoms with Crippen LogP contribution in [0.4, 0.5) is 11.4 Å². The molecule has 130 valence electrons. The number of hydrogen-bond acceptors (Lipinski definition) is 5. The van der Waals surface area contributed by atoms with Gasteiger partial charge in [-0.15, -0.1) is 0 Å². The molecule has 0 aliphatic heterocycles. The van der Waals surface area contributed by atoms with Crippen LogP contribution in [-0.4, -0.2) is 36.7 Å². The van der Waals surface area contributed by atoms with Crippen molar-refractivity contribution in [3.63, 3.8) is 0 Å². The van der Waals surface area contributed by atoms with Gasteiger partial charge in [0.2, 0.25) is 15.9 Å². The number of carbonyl (C=O) groups excluding carboxylic acids is 1. The summed E-state index contributed by atoms with van der Waals surface area (Å²) < 4.78 is 32.7. The summed E-state index contributed by atoms with van der Waals surface area (Å²) in [5, 5.41) is 2.75. The number of rotatable bonds is 7. The Labute approximate surface area is 140 Å². The number of benzene rings is 1. The van der Waals surface area contributed by atoms with Crippen molar-refractivity contribution >= 4 is 27.3 Å². The smallest absolute Gasteiger partial charge is 0.232 e. The number of aromatic nitrogens is 2. The molecule has 0 saturated carbocycles. The summed E-state index contributed by atoms with van der Waals surface area (Å²) in [6.45, 7) is 1.54. The number of sulfonamides is 1. The molecule has 8 nitrogen and oxygen atoms in total. The van der Waals surface area contributed by atoms with E-state index in [2.05, 4.69) is 15.0 Å². The van der Waals surface area contributed by atoms with Gasteiger partial charge in [0.15, 0.2) is 0 Å². The van der Waals surface area contributed by atoms with Crippen molar-refractivity contribution in [3.8, 4) is 5.75 Å². The molecule has 2 N–H and O–H groups in total. The number of imidazole rings is 1. The predicted octanol–water partition coefficient (Wildman–Crippen LogP) is 1.37. The number of nitrogens with one attached hydrogen (secondary N) is 2. The van der Waals surface area contributed by atoms with Crippen molar-refractivity contribution < 1.29 is 17.9 Å². The van der Waals surface area contributed by atoms with Crippen molar-refractivity contribution in [2.24, 2.45) is 7.05 Å². The van der Waals surface area contributed by atoms with E-state index in [-0.39, 0.29) is 18.1 Å². The number of carbonyl (C=O) groups is 1. The number of aryl methyl sites for hydroxylation is 1. The topological polar surface area (TPSA) is 102 Å². The lowest BCUT2D eigenvalue weighted by atomic mass is 10.2. The third kappa shape index (κ3) is 4.48. The van der Waals surface area contributed by atoms with Gasteiger partial charge in [-0.3, -0.25) is 9.52 Å². The summed E-state index contributed by atoms with van der Waals surface area (Å²) in [5.74, 6) is 0.0761. The zero-order valence-corrected chi connectivity index (χ0v) is 14.6. The second-order valence-corrected chi connectivity index (χ2v) is 7.15. The van der Waals surface area contributed by atoms with Crippen molar-refractivity contribution in [2.45, 2.75) is 13.3 Å². The van der Waals surface area contributed by atoms with Crippen LogP contribution in [0.5, 0.6) is 5.75 Å². The summed E-state index contributed by atoms with van der Waals surface area (Å²) >= 11 is 0. The number of anilines is 2. The third-order valence-electron chi connectivity index (χ3n) is 3.39. The molecular formula is C15H20N4O4S. The minimum atomic E-state index is -3.41. The van der Waals surface area contributed by atoms with E-state index in [9.17, 15) is 13.2 Å². The summed E-state index contributed by atoms with van der Waals surface area (Å²) in [5.41, 5.74) is 1.62. The van der Waals surface area contributed by atoms with Gasteiger partial charge in [0, 0.05) is 30.7 Å². The molecule has 0 spiro atoms. The average Bonchev–Trinajstić information content (AvgIpc) is 2.93. The molecule has 9 heteroatoms. The maximum absolute atomic E-state index is 12.1. The molecule has 0 aliphatic carbocycles. The van der Waals surface area contributed by atoms with E-state index in [4.69, 9.17) is 4.74 Å². The standard InChI is InChI=1S/C15H20N4O4S/c1-4-24(21,22)18-13-6-5-11(7-14(13)23-3)17-15(20)8-12-9-16-10-19(12)2/h5-7,9-10,18H,4,8H2,1-3H3,(H,17,20). The maximum atomic E-state index is 12.1. The second kappa shape index (κ2) is 7.35. The van der Waals surface area contributed by atoms with Crippen molar-refractivity contribution in [2.75, 3.05) is 22.9 Å². The SMILES string of the molecule is CCS(=O)(=O)Nc1ccc(NC(=O)Cc2cncn2C)cc1OC. The Kier molecular flexibility index (Phi) is 5.45. The molecular weight excluding hydrogens is 332 g/mol. The number of amides is 1. The van der Waals surface area contributed by atoms with Gasteiger partial charge < -0.3 is 14.6 Å². The highest BCUT2D eigenvalue weighted by atomic mass is 32.2. The van der Waals surface area contributed by atoms with Gasteiger partial charge in [0.25, 0.3) is 0 Å². The molecule has 0 fully saturated rings. The van der Waals surface area contributed by atoms with Crippen LogP contribution in [0, 0.1) is 0 Å². The van der Waals surface area contributed by atoms with E-state index in [1.165, 1.54) is 7.11 Å². The molecule has 0 aliphatic rings. The molecule has 0 atom stereocenters. The molecule has 2 aromatic rings. The van der Waals surface area contributed by atoms with Gasteiger partial charge in [0.05, 0.1) is 31.3 Å². The molecule has 1 amide bonds. The third-order valence-corrected chi connectivity index (χ3v) is 4.68. The van der Waals surface area contributed by atoms with Gasteiger partial charge in [-0.25, -0.2) is 13.4 Å². The monoisotopic (exact) mass is 352 g/mol. The quantitative estimate of drug-likeness (QED) is 0.783. The van der Waals surface area contributed by atoms with Crippen molar-refractivity contribution in [3.05, 3.63) is 36.4 Å². The van der Waals surface area contributed by atoms with E-state index >= 15 is 0 Å². The first-order valence-corrected chi connectivity index (χ1v) is 8.93. The van der Waals surface area contributed by atoms with Crippen LogP contribution in [0.1, 0.15) is 12.6 Å². The minimum Gasteiger partial charge on any atom is -0.494 e. The van der Waals surface area contributed by atoms with Gasteiger partial charge in [-0.1, -0.05) is 0 Å². The Balaban J connectivity index is 2.11. The van der Waals surface area contributed by atoms with Crippen LogP contribution in [-0.2, 0) is 28.3 Å². The second-order valence-electron chi connectivity index (χ2n) is 5.14. The lowest BCUT2D eigenvalue weighted by Crippen LogP contribution is -2.17. The summed E-state index contributed by atoms with van der Waals surface area (Å²) in [6.07, 6.45) is 3.44. The first-order chi connectivity index (χ1) is 11.3. The zero-order valence-electron chi connectivity index (χ0n) is 13.7. The normalized spacial score (nSPS) is 11.1. The molecule has 1 heterocycles. The molecule has 0 radical (unpaired) electrons. The summed E-state index contributed by atoms with van der Waals surface area (Å²) in [6, 6.07) is 4.72. The van der Waals surface area contributed by atoms with Crippen LogP contribution >= 0.6 is 0 Å². The molecule has 0 unspecified atom stereocenters. The Hall–Kier alpha value is -2.55. The van der Waals surface area contributed by atoms with E-state index < -0.39 is 10.0 Å². The fourth-order valence-corrected chi connectivity index (χ4v) is 2.67. The Morgan fingerprint density at radius 3 is 2.71 bits per heavy atom. The fraction of sp³-hybridized carbons (Fsp3) is 0.333. The molecule has 24 heavy (non-hydrogen) atoms. The van der Waals surface area contributed by atoms with Crippen molar-refractivity contribution in [1.82, 2.24) is 9.55 Å². The largest absolute Gasteiger partial charge is 0.494 e. The van der Waals surface area contributed by atoms with Crippen molar-refractivity contribution in [1.29, 1.82) is 0 Å². The van der Waals surface area contributed by atoms with Crippen LogP contribution in [0.3, 0.4) is 0 Å². The minimum absolute atomic E-state index is 0.0423. The Morgan fingerprint density at radius 1 is 1.38 bits per heavy atom. The molecule has 0 saturated heterocycles. The van der Waals surface area contributed by atoms with Gasteiger partial charge in [-0.05, 0) is 19.1 Å². The van der Waals surface area contributed by atoms with Gasteiger partial charge in [-0.2, -0.15) is 0 Å². The first kappa shape index (κ1) is 17.8. The number of hydrogen-bond donors (Lipinski definition) is 2. The van der Waals surface area contributed by atoms with E-state index in [1.54, 1.807) is 42.2 Å². The van der Waals surface area contributed by atoms with Gasteiger partial charge >= 0.3 is 0 Å². The molecule has 1 aromatic heterocycles. The summed E-state index contributed by atoms with van der Waals surface area (Å²) in [7, 11) is -0.163. The number of methoxy groups -OCH3 is 1. The highest BCUT2D eigenvalue weighted by Crippen LogP contribution is 2.28. The summed E-state index contributed by atoms with van der Waals surface area (Å²) in [4.78, 5) is 16.0. The van der Waals surface area contributed by atoms with Gasteiger partial charge in [0.1, 0.15) is 5.75 Å². The maximum Gasteiger partial charge on any atom is 0.232 e. The average molecular weight is 352 g/mol.